The summed E-state index contributed by atoms with van der Waals surface area (Å²) in [7, 11) is 0. The van der Waals surface area contributed by atoms with Crippen molar-refractivity contribution in [2.45, 2.75) is 97.9 Å². The molecule has 4 rings (SSSR count). The van der Waals surface area contributed by atoms with Crippen molar-refractivity contribution in [1.29, 1.82) is 0 Å². The molecule has 40 heavy (non-hydrogen) atoms. The Kier molecular flexibility index (Phi) is 7.76. The minimum atomic E-state index is -1.55. The van der Waals surface area contributed by atoms with E-state index >= 15 is 0 Å². The number of hydrogen-bond acceptors (Lipinski definition) is 7. The Morgan fingerprint density at radius 3 is 2.25 bits per heavy atom. The van der Waals surface area contributed by atoms with E-state index in [0.29, 0.717) is 6.42 Å². The van der Waals surface area contributed by atoms with Gasteiger partial charge in [0.05, 0.1) is 0 Å². The molecule has 1 aliphatic carbocycles. The molecule has 3 aliphatic rings. The topological polar surface area (TPSA) is 113 Å². The lowest BCUT2D eigenvalue weighted by Crippen LogP contribution is -2.57. The second-order valence-corrected chi connectivity index (χ2v) is 12.4. The number of carbonyl (C=O) groups is 3. The van der Waals surface area contributed by atoms with Crippen molar-refractivity contribution in [3.8, 4) is 11.5 Å². The molecule has 0 radical (unpaired) electrons. The van der Waals surface area contributed by atoms with Gasteiger partial charge in [0, 0.05) is 12.0 Å². The third-order valence-electron chi connectivity index (χ3n) is 7.99. The fraction of sp³-hybridized carbons (Fsp3) is 0.485. The van der Waals surface area contributed by atoms with E-state index < -0.39 is 40.0 Å². The van der Waals surface area contributed by atoms with Gasteiger partial charge >= 0.3 is 0 Å². The summed E-state index contributed by atoms with van der Waals surface area (Å²) >= 11 is 0. The number of phenols is 2. The third kappa shape index (κ3) is 5.19. The molecule has 0 aromatic heterocycles. The molecule has 2 N–H and O–H groups in total. The zero-order valence-corrected chi connectivity index (χ0v) is 24.5. The number of hydrogen-bond donors (Lipinski definition) is 2. The fourth-order valence-corrected chi connectivity index (χ4v) is 5.64. The summed E-state index contributed by atoms with van der Waals surface area (Å²) in [6, 6.07) is 3.65. The number of phenolic OH excluding ortho intramolecular Hbond substituents is 2. The largest absolute Gasteiger partial charge is 0.504 e. The summed E-state index contributed by atoms with van der Waals surface area (Å²) in [6.45, 7) is 13.5. The highest BCUT2D eigenvalue weighted by molar-refractivity contribution is 6.35. The van der Waals surface area contributed by atoms with Crippen LogP contribution in [0.2, 0.25) is 0 Å². The van der Waals surface area contributed by atoms with Crippen molar-refractivity contribution < 1.29 is 34.1 Å². The number of allylic oxidation sites excluding steroid dienone is 7. The maximum Gasteiger partial charge on any atom is 0.211 e. The molecule has 2 heterocycles. The number of ether oxygens (including phenoxy) is 2. The molecular weight excluding hydrogens is 508 g/mol. The summed E-state index contributed by atoms with van der Waals surface area (Å²) in [6.07, 6.45) is 7.77. The maximum absolute atomic E-state index is 14.6. The number of carbonyl (C=O) groups excluding carboxylic acids is 3. The Morgan fingerprint density at radius 2 is 1.62 bits per heavy atom. The van der Waals surface area contributed by atoms with E-state index in [1.807, 2.05) is 60.6 Å². The Hall–Kier alpha value is -3.45. The summed E-state index contributed by atoms with van der Waals surface area (Å²) in [5, 5.41) is 19.9. The molecule has 1 spiro atoms. The quantitative estimate of drug-likeness (QED) is 0.0910. The van der Waals surface area contributed by atoms with Gasteiger partial charge in [-0.1, -0.05) is 34.9 Å². The van der Waals surface area contributed by atoms with E-state index in [0.717, 1.165) is 30.1 Å². The average molecular weight is 549 g/mol. The van der Waals surface area contributed by atoms with Crippen LogP contribution in [0.25, 0.3) is 0 Å². The van der Waals surface area contributed by atoms with Gasteiger partial charge in [-0.2, -0.15) is 0 Å². The highest BCUT2D eigenvalue weighted by atomic mass is 16.7. The predicted octanol–water partition coefficient (Wildman–Crippen LogP) is 6.45. The minimum absolute atomic E-state index is 0.00406. The van der Waals surface area contributed by atoms with Gasteiger partial charge in [-0.25, -0.2) is 0 Å². The van der Waals surface area contributed by atoms with Crippen LogP contribution in [0.4, 0.5) is 0 Å². The SMILES string of the molecule is CC(C)=CCCC(C)=CCC1(CC=C(C)C)C(=O)C(C(=O)c2ccc(O)c(O)c2)=C2OC(C)(C)CC3OC23C1=O. The number of epoxide rings is 1. The number of ketones is 3. The van der Waals surface area contributed by atoms with Gasteiger partial charge in [-0.15, -0.1) is 0 Å². The molecule has 1 aromatic carbocycles. The standard InChI is InChI=1S/C33H40O7/c1-19(2)9-8-10-21(5)14-16-32(15-13-20(3)4)28(37)26(27(36)22-11-12-23(34)24(35)17-22)29-33(30(32)38)25(39-33)18-31(6,7)40-29/h9,11-14,17,25,34-35H,8,10,15-16,18H2,1-7H3. The Morgan fingerprint density at radius 1 is 0.975 bits per heavy atom. The van der Waals surface area contributed by atoms with Gasteiger partial charge in [0.2, 0.25) is 5.60 Å². The van der Waals surface area contributed by atoms with E-state index in [-0.39, 0.29) is 41.3 Å². The van der Waals surface area contributed by atoms with Crippen molar-refractivity contribution in [1.82, 2.24) is 0 Å². The van der Waals surface area contributed by atoms with Crippen LogP contribution >= 0.6 is 0 Å². The molecular formula is C33H40O7. The van der Waals surface area contributed by atoms with Crippen molar-refractivity contribution in [2.75, 3.05) is 0 Å². The fourth-order valence-electron chi connectivity index (χ4n) is 5.64. The van der Waals surface area contributed by atoms with Crippen LogP contribution in [-0.4, -0.2) is 44.9 Å². The van der Waals surface area contributed by atoms with Crippen LogP contribution in [0, 0.1) is 5.41 Å². The molecule has 7 heteroatoms. The van der Waals surface area contributed by atoms with Crippen LogP contribution in [0.3, 0.4) is 0 Å². The summed E-state index contributed by atoms with van der Waals surface area (Å²) < 4.78 is 12.3. The summed E-state index contributed by atoms with van der Waals surface area (Å²) in [4.78, 5) is 43.1. The molecule has 214 valence electrons. The van der Waals surface area contributed by atoms with Gasteiger partial charge in [0.25, 0.3) is 0 Å². The highest BCUT2D eigenvalue weighted by Gasteiger charge is 2.77. The van der Waals surface area contributed by atoms with Crippen LogP contribution in [0.15, 0.2) is 64.5 Å². The first-order valence-electron chi connectivity index (χ1n) is 13.8. The first-order valence-corrected chi connectivity index (χ1v) is 13.8. The molecule has 7 nitrogen and oxygen atoms in total. The second-order valence-electron chi connectivity index (χ2n) is 12.4. The maximum atomic E-state index is 14.6. The lowest BCUT2D eigenvalue weighted by molar-refractivity contribution is -0.146. The highest BCUT2D eigenvalue weighted by Crippen LogP contribution is 2.61. The first-order chi connectivity index (χ1) is 18.6. The molecule has 2 aliphatic heterocycles. The monoisotopic (exact) mass is 548 g/mol. The molecule has 3 atom stereocenters. The van der Waals surface area contributed by atoms with Gasteiger partial charge in [-0.05, 0) is 92.3 Å². The average Bonchev–Trinajstić information content (AvgIpc) is 3.58. The third-order valence-corrected chi connectivity index (χ3v) is 7.99. The zero-order valence-electron chi connectivity index (χ0n) is 24.5. The first kappa shape index (κ1) is 29.5. The summed E-state index contributed by atoms with van der Waals surface area (Å²) in [5.74, 6) is -2.55. The lowest BCUT2D eigenvalue weighted by atomic mass is 9.60. The second kappa shape index (κ2) is 10.5. The number of benzene rings is 1. The Bertz CT molecular complexity index is 1380. The van der Waals surface area contributed by atoms with Crippen LogP contribution < -0.4 is 0 Å². The molecule has 1 aromatic rings. The van der Waals surface area contributed by atoms with Crippen molar-refractivity contribution in [3.63, 3.8) is 0 Å². The normalized spacial score (nSPS) is 26.9. The Balaban J connectivity index is 1.88. The molecule has 2 saturated heterocycles. The van der Waals surface area contributed by atoms with E-state index in [4.69, 9.17) is 9.47 Å². The van der Waals surface area contributed by atoms with E-state index in [2.05, 4.69) is 6.08 Å². The van der Waals surface area contributed by atoms with Gasteiger partial charge < -0.3 is 19.7 Å². The van der Waals surface area contributed by atoms with Gasteiger partial charge in [0.1, 0.15) is 22.7 Å². The lowest BCUT2D eigenvalue weighted by Gasteiger charge is -2.43. The van der Waals surface area contributed by atoms with Crippen molar-refractivity contribution in [2.24, 2.45) is 5.41 Å². The molecule has 0 saturated carbocycles. The van der Waals surface area contributed by atoms with Crippen molar-refractivity contribution >= 4 is 17.3 Å². The van der Waals surface area contributed by atoms with Crippen LogP contribution in [-0.2, 0) is 19.1 Å². The smallest absolute Gasteiger partial charge is 0.211 e. The van der Waals surface area contributed by atoms with Gasteiger partial charge in [-0.3, -0.25) is 14.4 Å². The minimum Gasteiger partial charge on any atom is -0.504 e. The van der Waals surface area contributed by atoms with E-state index in [1.54, 1.807) is 0 Å². The Labute approximate surface area is 236 Å². The van der Waals surface area contributed by atoms with Crippen LogP contribution in [0.1, 0.15) is 90.9 Å². The van der Waals surface area contributed by atoms with Gasteiger partial charge in [0.15, 0.2) is 34.6 Å². The number of rotatable bonds is 9. The van der Waals surface area contributed by atoms with Crippen molar-refractivity contribution in [3.05, 3.63) is 70.0 Å². The predicted molar refractivity (Wildman–Crippen MR) is 152 cm³/mol. The molecule has 2 fully saturated rings. The van der Waals surface area contributed by atoms with Crippen LogP contribution in [0.5, 0.6) is 11.5 Å². The summed E-state index contributed by atoms with van der Waals surface area (Å²) in [5.41, 5.74) is -0.807. The van der Waals surface area contributed by atoms with E-state index in [1.165, 1.54) is 17.7 Å². The molecule has 0 amide bonds. The molecule has 3 unspecified atom stereocenters. The van der Waals surface area contributed by atoms with E-state index in [9.17, 15) is 24.6 Å². The molecule has 0 bridgehead atoms. The number of Topliss-reactive ketones (excluding diaryl/α,β-unsaturated/α-hetero) is 3. The number of aromatic hydroxyl groups is 2. The zero-order chi connectivity index (χ0) is 29.6.